The van der Waals surface area contributed by atoms with Crippen molar-refractivity contribution < 1.29 is 0 Å². The van der Waals surface area contributed by atoms with Crippen LogP contribution in [-0.4, -0.2) is 24.5 Å². The van der Waals surface area contributed by atoms with Crippen LogP contribution in [0.25, 0.3) is 5.57 Å². The second kappa shape index (κ2) is 9.54. The SMILES string of the molecule is CCCN(CC)C/C=C(\Cc1ccc(Cl)cc1)c1ccccc1. The van der Waals surface area contributed by atoms with Gasteiger partial charge < -0.3 is 0 Å². The van der Waals surface area contributed by atoms with Gasteiger partial charge in [0, 0.05) is 11.6 Å². The van der Waals surface area contributed by atoms with Gasteiger partial charge in [0.25, 0.3) is 0 Å². The number of hydrogen-bond acceptors (Lipinski definition) is 1. The Hall–Kier alpha value is -1.57. The van der Waals surface area contributed by atoms with Crippen molar-refractivity contribution in [1.82, 2.24) is 4.90 Å². The van der Waals surface area contributed by atoms with Gasteiger partial charge in [-0.15, -0.1) is 0 Å². The number of allylic oxidation sites excluding steroid dienone is 1. The first-order valence-corrected chi connectivity index (χ1v) is 8.82. The molecule has 0 saturated carbocycles. The largest absolute Gasteiger partial charge is 0.300 e. The summed E-state index contributed by atoms with van der Waals surface area (Å²) >= 11 is 6.00. The minimum atomic E-state index is 0.791. The monoisotopic (exact) mass is 327 g/mol. The van der Waals surface area contributed by atoms with E-state index in [0.29, 0.717) is 0 Å². The summed E-state index contributed by atoms with van der Waals surface area (Å²) in [7, 11) is 0. The Kier molecular flexibility index (Phi) is 7.38. The summed E-state index contributed by atoms with van der Waals surface area (Å²) in [5.74, 6) is 0. The normalized spacial score (nSPS) is 11.9. The van der Waals surface area contributed by atoms with Crippen molar-refractivity contribution in [2.24, 2.45) is 0 Å². The lowest BCUT2D eigenvalue weighted by Crippen LogP contribution is -2.24. The summed E-state index contributed by atoms with van der Waals surface area (Å²) in [6.45, 7) is 7.70. The Balaban J connectivity index is 2.19. The Morgan fingerprint density at radius 3 is 2.30 bits per heavy atom. The average Bonchev–Trinajstić information content (AvgIpc) is 2.59. The maximum Gasteiger partial charge on any atom is 0.0406 e. The molecule has 0 amide bonds. The number of hydrogen-bond donors (Lipinski definition) is 0. The molecule has 0 saturated heterocycles. The van der Waals surface area contributed by atoms with Gasteiger partial charge >= 0.3 is 0 Å². The molecule has 0 heterocycles. The summed E-state index contributed by atoms with van der Waals surface area (Å²) in [6.07, 6.45) is 4.51. The molecule has 0 aliphatic carbocycles. The Morgan fingerprint density at radius 2 is 1.70 bits per heavy atom. The van der Waals surface area contributed by atoms with Gasteiger partial charge in [0.15, 0.2) is 0 Å². The highest BCUT2D eigenvalue weighted by molar-refractivity contribution is 6.30. The molecule has 0 N–H and O–H groups in total. The van der Waals surface area contributed by atoms with E-state index < -0.39 is 0 Å². The van der Waals surface area contributed by atoms with Crippen LogP contribution in [-0.2, 0) is 6.42 Å². The molecule has 0 atom stereocenters. The summed E-state index contributed by atoms with van der Waals surface area (Å²) in [4.78, 5) is 2.48. The average molecular weight is 328 g/mol. The molecule has 2 heteroatoms. The van der Waals surface area contributed by atoms with E-state index in [-0.39, 0.29) is 0 Å². The van der Waals surface area contributed by atoms with Crippen molar-refractivity contribution in [2.45, 2.75) is 26.7 Å². The molecule has 1 nitrogen and oxygen atoms in total. The van der Waals surface area contributed by atoms with Crippen LogP contribution in [0.5, 0.6) is 0 Å². The summed E-state index contributed by atoms with van der Waals surface area (Å²) < 4.78 is 0. The second-order valence-corrected chi connectivity index (χ2v) is 6.23. The highest BCUT2D eigenvalue weighted by atomic mass is 35.5. The lowest BCUT2D eigenvalue weighted by Gasteiger charge is -2.18. The zero-order valence-electron chi connectivity index (χ0n) is 14.1. The summed E-state index contributed by atoms with van der Waals surface area (Å²) in [6, 6.07) is 18.8. The molecule has 23 heavy (non-hydrogen) atoms. The van der Waals surface area contributed by atoms with Crippen LogP contribution in [0.3, 0.4) is 0 Å². The first-order valence-electron chi connectivity index (χ1n) is 8.44. The molecule has 2 rings (SSSR count). The molecular formula is C21H26ClN. The number of rotatable bonds is 8. The minimum Gasteiger partial charge on any atom is -0.300 e. The fourth-order valence-electron chi connectivity index (χ4n) is 2.70. The van der Waals surface area contributed by atoms with Gasteiger partial charge in [-0.1, -0.05) is 74.0 Å². The second-order valence-electron chi connectivity index (χ2n) is 5.79. The summed E-state index contributed by atoms with van der Waals surface area (Å²) in [5.41, 5.74) is 3.97. The van der Waals surface area contributed by atoms with Crippen LogP contribution in [0.2, 0.25) is 5.02 Å². The third-order valence-electron chi connectivity index (χ3n) is 4.04. The van der Waals surface area contributed by atoms with Crippen LogP contribution >= 0.6 is 11.6 Å². The van der Waals surface area contributed by atoms with Gasteiger partial charge in [0.2, 0.25) is 0 Å². The molecule has 0 spiro atoms. The van der Waals surface area contributed by atoms with E-state index in [1.807, 2.05) is 12.1 Å². The third-order valence-corrected chi connectivity index (χ3v) is 4.29. The highest BCUT2D eigenvalue weighted by Gasteiger charge is 2.05. The molecule has 0 unspecified atom stereocenters. The van der Waals surface area contributed by atoms with Crippen molar-refractivity contribution >= 4 is 17.2 Å². The van der Waals surface area contributed by atoms with Crippen LogP contribution in [0, 0.1) is 0 Å². The summed E-state index contributed by atoms with van der Waals surface area (Å²) in [5, 5.41) is 0.791. The first-order chi connectivity index (χ1) is 11.2. The van der Waals surface area contributed by atoms with Crippen molar-refractivity contribution in [1.29, 1.82) is 0 Å². The Bertz CT molecular complexity index is 601. The molecule has 0 aliphatic heterocycles. The van der Waals surface area contributed by atoms with E-state index in [1.54, 1.807) is 0 Å². The lowest BCUT2D eigenvalue weighted by atomic mass is 9.97. The molecule has 2 aromatic carbocycles. The van der Waals surface area contributed by atoms with Gasteiger partial charge in [-0.05, 0) is 54.8 Å². The van der Waals surface area contributed by atoms with E-state index in [1.165, 1.54) is 23.1 Å². The van der Waals surface area contributed by atoms with Crippen molar-refractivity contribution in [3.05, 3.63) is 76.8 Å². The van der Waals surface area contributed by atoms with Gasteiger partial charge in [-0.2, -0.15) is 0 Å². The standard InChI is InChI=1S/C21H26ClN/c1-3-15-23(4-2)16-14-20(19-8-6-5-7-9-19)17-18-10-12-21(22)13-11-18/h5-14H,3-4,15-17H2,1-2H3/b20-14+. The van der Waals surface area contributed by atoms with Crippen LogP contribution in [0.15, 0.2) is 60.7 Å². The Labute approximate surface area is 145 Å². The molecule has 0 fully saturated rings. The van der Waals surface area contributed by atoms with Gasteiger partial charge in [-0.25, -0.2) is 0 Å². The van der Waals surface area contributed by atoms with E-state index in [2.05, 4.69) is 67.3 Å². The lowest BCUT2D eigenvalue weighted by molar-refractivity contribution is 0.320. The van der Waals surface area contributed by atoms with Gasteiger partial charge in [0.05, 0.1) is 0 Å². The maximum atomic E-state index is 6.00. The fourth-order valence-corrected chi connectivity index (χ4v) is 2.83. The van der Waals surface area contributed by atoms with Crippen LogP contribution in [0.1, 0.15) is 31.4 Å². The molecule has 122 valence electrons. The molecule has 0 bridgehead atoms. The Morgan fingerprint density at radius 1 is 1.00 bits per heavy atom. The minimum absolute atomic E-state index is 0.791. The van der Waals surface area contributed by atoms with E-state index >= 15 is 0 Å². The number of benzene rings is 2. The topological polar surface area (TPSA) is 3.24 Å². The van der Waals surface area contributed by atoms with Crippen LogP contribution < -0.4 is 0 Å². The maximum absolute atomic E-state index is 6.00. The van der Waals surface area contributed by atoms with Crippen LogP contribution in [0.4, 0.5) is 0 Å². The zero-order chi connectivity index (χ0) is 16.5. The van der Waals surface area contributed by atoms with E-state index in [0.717, 1.165) is 31.1 Å². The molecule has 0 aromatic heterocycles. The third kappa shape index (κ3) is 5.85. The molecule has 0 radical (unpaired) electrons. The van der Waals surface area contributed by atoms with Crippen molar-refractivity contribution in [3.8, 4) is 0 Å². The first kappa shape index (κ1) is 17.8. The smallest absolute Gasteiger partial charge is 0.0406 e. The van der Waals surface area contributed by atoms with Gasteiger partial charge in [-0.3, -0.25) is 4.90 Å². The number of nitrogens with zero attached hydrogens (tertiary/aromatic N) is 1. The quantitative estimate of drug-likeness (QED) is 0.601. The molecule has 2 aromatic rings. The van der Waals surface area contributed by atoms with Crippen molar-refractivity contribution in [2.75, 3.05) is 19.6 Å². The van der Waals surface area contributed by atoms with Gasteiger partial charge in [0.1, 0.15) is 0 Å². The fraction of sp³-hybridized carbons (Fsp3) is 0.333. The zero-order valence-corrected chi connectivity index (χ0v) is 14.9. The predicted octanol–water partition coefficient (Wildman–Crippen LogP) is 5.70. The van der Waals surface area contributed by atoms with E-state index in [4.69, 9.17) is 11.6 Å². The number of likely N-dealkylation sites (N-methyl/N-ethyl adjacent to an activating group) is 1. The number of halogens is 1. The van der Waals surface area contributed by atoms with Crippen molar-refractivity contribution in [3.63, 3.8) is 0 Å². The molecule has 0 aliphatic rings. The van der Waals surface area contributed by atoms with E-state index in [9.17, 15) is 0 Å². The molecular weight excluding hydrogens is 302 g/mol. The highest BCUT2D eigenvalue weighted by Crippen LogP contribution is 2.21. The predicted molar refractivity (Wildman–Crippen MR) is 102 cm³/mol.